The van der Waals surface area contributed by atoms with Gasteiger partial charge in [0.2, 0.25) is 0 Å². The van der Waals surface area contributed by atoms with Crippen LogP contribution < -0.4 is 15.9 Å². The first-order valence-corrected chi connectivity index (χ1v) is 11.9. The molecule has 2 N–H and O–H groups in total. The van der Waals surface area contributed by atoms with E-state index in [1.54, 1.807) is 6.92 Å². The van der Waals surface area contributed by atoms with Gasteiger partial charge in [-0.05, 0) is 0 Å². The quantitative estimate of drug-likeness (QED) is 0.589. The van der Waals surface area contributed by atoms with Crippen molar-refractivity contribution in [3.05, 3.63) is 91.0 Å². The fourth-order valence-electron chi connectivity index (χ4n) is 3.91. The van der Waals surface area contributed by atoms with Gasteiger partial charge in [0.1, 0.15) is 0 Å². The Labute approximate surface area is 162 Å². The average molecular weight is 380 g/mol. The van der Waals surface area contributed by atoms with Crippen LogP contribution in [0.3, 0.4) is 0 Å². The fourth-order valence-corrected chi connectivity index (χ4v) is 8.81. The second-order valence-corrected chi connectivity index (χ2v) is 11.2. The molecule has 0 bridgehead atoms. The molecule has 0 aliphatic carbocycles. The van der Waals surface area contributed by atoms with Gasteiger partial charge in [0.05, 0.1) is 0 Å². The zero-order chi connectivity index (χ0) is 19.1. The van der Waals surface area contributed by atoms with Crippen LogP contribution in [-0.4, -0.2) is 28.6 Å². The summed E-state index contributed by atoms with van der Waals surface area (Å²) in [5, 5.41) is 24.5. The Kier molecular flexibility index (Phi) is 6.79. The molecular weight excluding hydrogens is 351 g/mol. The predicted octanol–water partition coefficient (Wildman–Crippen LogP) is 3.23. The summed E-state index contributed by atoms with van der Waals surface area (Å²) in [6.45, 7) is 1.78. The summed E-state index contributed by atoms with van der Waals surface area (Å²) in [6.07, 6.45) is 1.09. The molecule has 0 aliphatic rings. The van der Waals surface area contributed by atoms with Crippen LogP contribution in [0.5, 0.6) is 0 Å². The van der Waals surface area contributed by atoms with E-state index in [2.05, 4.69) is 72.8 Å². The molecule has 3 heteroatoms. The normalized spacial score (nSPS) is 14.5. The standard InChI is InChI=1S/C24H29O2P/c1-20(25)17-18-21(26)19-27(22-11-5-2-6-12-22,23-13-7-3-8-14-23)24-15-9-4-10-16-24/h2-16,20-21,25-27H,17-19H2,1H3. The van der Waals surface area contributed by atoms with Crippen molar-refractivity contribution in [1.29, 1.82) is 0 Å². The van der Waals surface area contributed by atoms with Crippen molar-refractivity contribution >= 4 is 23.2 Å². The molecule has 0 amide bonds. The summed E-state index contributed by atoms with van der Waals surface area (Å²) in [5.74, 6) is 0. The molecule has 0 radical (unpaired) electrons. The minimum atomic E-state index is -2.39. The number of benzene rings is 3. The van der Waals surface area contributed by atoms with E-state index in [0.29, 0.717) is 19.0 Å². The minimum absolute atomic E-state index is 0.388. The third kappa shape index (κ3) is 4.65. The molecule has 0 saturated carbocycles. The van der Waals surface area contributed by atoms with Gasteiger partial charge in [-0.3, -0.25) is 0 Å². The first-order chi connectivity index (χ1) is 13.1. The molecule has 0 spiro atoms. The topological polar surface area (TPSA) is 40.5 Å². The summed E-state index contributed by atoms with van der Waals surface area (Å²) >= 11 is 0. The molecule has 3 aromatic carbocycles. The van der Waals surface area contributed by atoms with Gasteiger partial charge in [-0.15, -0.1) is 0 Å². The molecule has 0 fully saturated rings. The molecule has 0 aliphatic heterocycles. The molecule has 142 valence electrons. The SMILES string of the molecule is CC(O)CCC(O)C[PH](c1ccccc1)(c1ccccc1)c1ccccc1. The van der Waals surface area contributed by atoms with Crippen LogP contribution in [0.4, 0.5) is 0 Å². The Morgan fingerprint density at radius 2 is 1.00 bits per heavy atom. The van der Waals surface area contributed by atoms with E-state index in [9.17, 15) is 10.2 Å². The number of rotatable bonds is 8. The summed E-state index contributed by atoms with van der Waals surface area (Å²) in [4.78, 5) is 0. The monoisotopic (exact) mass is 380 g/mol. The molecule has 0 aromatic heterocycles. The number of aliphatic hydroxyl groups excluding tert-OH is 2. The predicted molar refractivity (Wildman–Crippen MR) is 118 cm³/mol. The van der Waals surface area contributed by atoms with Gasteiger partial charge in [-0.25, -0.2) is 0 Å². The van der Waals surface area contributed by atoms with Gasteiger partial charge in [0, 0.05) is 0 Å². The molecule has 3 rings (SSSR count). The maximum atomic E-state index is 10.9. The third-order valence-electron chi connectivity index (χ3n) is 5.26. The van der Waals surface area contributed by atoms with Crippen LogP contribution >= 0.6 is 7.26 Å². The van der Waals surface area contributed by atoms with Gasteiger partial charge in [0.15, 0.2) is 0 Å². The number of hydrogen-bond acceptors (Lipinski definition) is 2. The average Bonchev–Trinajstić information content (AvgIpc) is 2.72. The first kappa shape index (κ1) is 19.8. The van der Waals surface area contributed by atoms with Gasteiger partial charge in [0.25, 0.3) is 0 Å². The molecule has 2 unspecified atom stereocenters. The molecular formula is C24H29O2P. The van der Waals surface area contributed by atoms with E-state index in [1.807, 2.05) is 18.2 Å². The van der Waals surface area contributed by atoms with Crippen LogP contribution in [0.1, 0.15) is 19.8 Å². The van der Waals surface area contributed by atoms with Crippen molar-refractivity contribution in [1.82, 2.24) is 0 Å². The molecule has 3 aromatic rings. The van der Waals surface area contributed by atoms with Crippen LogP contribution in [-0.2, 0) is 0 Å². The maximum absolute atomic E-state index is 10.9. The Balaban J connectivity index is 2.14. The summed E-state index contributed by atoms with van der Waals surface area (Å²) < 4.78 is 0. The molecule has 2 nitrogen and oxygen atoms in total. The van der Waals surface area contributed by atoms with E-state index in [4.69, 9.17) is 0 Å². The zero-order valence-electron chi connectivity index (χ0n) is 15.8. The van der Waals surface area contributed by atoms with E-state index in [0.717, 1.165) is 0 Å². The molecule has 0 heterocycles. The van der Waals surface area contributed by atoms with Crippen LogP contribution in [0, 0.1) is 0 Å². The molecule has 27 heavy (non-hydrogen) atoms. The van der Waals surface area contributed by atoms with Crippen molar-refractivity contribution in [2.45, 2.75) is 32.0 Å². The first-order valence-electron chi connectivity index (χ1n) is 9.65. The summed E-state index contributed by atoms with van der Waals surface area (Å²) in [6, 6.07) is 31.9. The van der Waals surface area contributed by atoms with Gasteiger partial charge in [-0.1, -0.05) is 0 Å². The number of aliphatic hydroxyl groups is 2. The molecule has 2 atom stereocenters. The summed E-state index contributed by atoms with van der Waals surface area (Å²) in [7, 11) is -2.39. The van der Waals surface area contributed by atoms with Crippen LogP contribution in [0.2, 0.25) is 0 Å². The third-order valence-corrected chi connectivity index (χ3v) is 10.3. The van der Waals surface area contributed by atoms with Gasteiger partial charge in [-0.2, -0.15) is 0 Å². The van der Waals surface area contributed by atoms with Crippen molar-refractivity contribution < 1.29 is 10.2 Å². The second-order valence-electron chi connectivity index (χ2n) is 7.29. The Hall–Kier alpha value is -1.99. The van der Waals surface area contributed by atoms with E-state index < -0.39 is 13.4 Å². The van der Waals surface area contributed by atoms with E-state index in [1.165, 1.54) is 15.9 Å². The number of hydrogen-bond donors (Lipinski definition) is 2. The van der Waals surface area contributed by atoms with Crippen LogP contribution in [0.25, 0.3) is 0 Å². The van der Waals surface area contributed by atoms with Crippen molar-refractivity contribution in [3.8, 4) is 0 Å². The van der Waals surface area contributed by atoms with Crippen LogP contribution in [0.15, 0.2) is 91.0 Å². The second kappa shape index (κ2) is 9.28. The zero-order valence-corrected chi connectivity index (χ0v) is 16.8. The fraction of sp³-hybridized carbons (Fsp3) is 0.250. The summed E-state index contributed by atoms with van der Waals surface area (Å²) in [5.41, 5.74) is 0. The Bertz CT molecular complexity index is 707. The Morgan fingerprint density at radius 1 is 0.630 bits per heavy atom. The van der Waals surface area contributed by atoms with E-state index >= 15 is 0 Å². The van der Waals surface area contributed by atoms with Crippen molar-refractivity contribution in [2.75, 3.05) is 6.16 Å². The molecule has 0 saturated heterocycles. The van der Waals surface area contributed by atoms with Crippen molar-refractivity contribution in [3.63, 3.8) is 0 Å². The van der Waals surface area contributed by atoms with E-state index in [-0.39, 0.29) is 6.10 Å². The van der Waals surface area contributed by atoms with Crippen molar-refractivity contribution in [2.24, 2.45) is 0 Å². The Morgan fingerprint density at radius 3 is 1.33 bits per heavy atom. The van der Waals surface area contributed by atoms with Gasteiger partial charge < -0.3 is 0 Å². The van der Waals surface area contributed by atoms with Gasteiger partial charge >= 0.3 is 163 Å².